The van der Waals surface area contributed by atoms with Crippen molar-refractivity contribution in [1.82, 2.24) is 0 Å². The first kappa shape index (κ1) is 14.1. The minimum atomic E-state index is 0.0664. The molecule has 0 saturated carbocycles. The van der Waals surface area contributed by atoms with E-state index in [-0.39, 0.29) is 5.91 Å². The second-order valence-electron chi connectivity index (χ2n) is 5.20. The Morgan fingerprint density at radius 1 is 1.05 bits per heavy atom. The number of hydrogen-bond acceptors (Lipinski definition) is 2. The molecular formula is C17H17BrN2O. The molecule has 1 amide bonds. The van der Waals surface area contributed by atoms with Gasteiger partial charge in [0.2, 0.25) is 0 Å². The molecule has 0 spiro atoms. The molecule has 0 fully saturated rings. The van der Waals surface area contributed by atoms with Gasteiger partial charge in [0.25, 0.3) is 5.91 Å². The molecule has 2 aromatic rings. The number of amides is 1. The summed E-state index contributed by atoms with van der Waals surface area (Å²) >= 11 is 3.42. The van der Waals surface area contributed by atoms with Crippen LogP contribution in [0, 0.1) is 0 Å². The average Bonchev–Trinajstić information content (AvgIpc) is 2.55. The summed E-state index contributed by atoms with van der Waals surface area (Å²) in [5.41, 5.74) is 4.00. The van der Waals surface area contributed by atoms with Gasteiger partial charge in [-0.15, -0.1) is 0 Å². The molecule has 0 saturated heterocycles. The molecule has 1 aliphatic rings. The molecule has 0 aromatic heterocycles. The minimum absolute atomic E-state index is 0.0664. The Hall–Kier alpha value is -1.81. The zero-order chi connectivity index (χ0) is 14.8. The maximum atomic E-state index is 12.8. The highest BCUT2D eigenvalue weighted by atomic mass is 79.9. The minimum Gasteiger partial charge on any atom is -0.371 e. The van der Waals surface area contributed by atoms with Crippen molar-refractivity contribution in [2.24, 2.45) is 0 Å². The fraction of sp³-hybridized carbons (Fsp3) is 0.235. The monoisotopic (exact) mass is 344 g/mol. The van der Waals surface area contributed by atoms with Gasteiger partial charge < -0.3 is 9.80 Å². The van der Waals surface area contributed by atoms with Crippen molar-refractivity contribution in [3.05, 3.63) is 59.7 Å². The zero-order valence-corrected chi connectivity index (χ0v) is 13.5. The third-order valence-corrected chi connectivity index (χ3v) is 4.49. The SMILES string of the molecule is CN1CCN(C(=O)c2ccc(CBr)cc2)c2ccccc21. The lowest BCUT2D eigenvalue weighted by atomic mass is 10.1. The van der Waals surface area contributed by atoms with Crippen molar-refractivity contribution in [3.63, 3.8) is 0 Å². The van der Waals surface area contributed by atoms with Gasteiger partial charge >= 0.3 is 0 Å². The number of carbonyl (C=O) groups excluding carboxylic acids is 1. The lowest BCUT2D eigenvalue weighted by Gasteiger charge is -2.35. The Balaban J connectivity index is 1.93. The Morgan fingerprint density at radius 2 is 1.71 bits per heavy atom. The van der Waals surface area contributed by atoms with Crippen LogP contribution in [0.4, 0.5) is 11.4 Å². The Bertz CT molecular complexity index is 654. The fourth-order valence-corrected chi connectivity index (χ4v) is 2.98. The van der Waals surface area contributed by atoms with Gasteiger partial charge in [-0.25, -0.2) is 0 Å². The number of carbonyl (C=O) groups is 1. The highest BCUT2D eigenvalue weighted by molar-refractivity contribution is 9.08. The van der Waals surface area contributed by atoms with Crippen molar-refractivity contribution < 1.29 is 4.79 Å². The number of para-hydroxylation sites is 2. The number of halogens is 1. The van der Waals surface area contributed by atoms with Crippen LogP contribution in [-0.2, 0) is 5.33 Å². The van der Waals surface area contributed by atoms with Crippen LogP contribution in [0.5, 0.6) is 0 Å². The number of benzene rings is 2. The molecule has 0 radical (unpaired) electrons. The third-order valence-electron chi connectivity index (χ3n) is 3.84. The van der Waals surface area contributed by atoms with Crippen LogP contribution in [0.25, 0.3) is 0 Å². The van der Waals surface area contributed by atoms with E-state index in [2.05, 4.69) is 33.9 Å². The third kappa shape index (κ3) is 2.68. The van der Waals surface area contributed by atoms with Gasteiger partial charge in [0.15, 0.2) is 0 Å². The number of likely N-dealkylation sites (N-methyl/N-ethyl adjacent to an activating group) is 1. The molecular weight excluding hydrogens is 328 g/mol. The van der Waals surface area contributed by atoms with E-state index in [4.69, 9.17) is 0 Å². The van der Waals surface area contributed by atoms with Gasteiger partial charge in [0, 0.05) is 31.0 Å². The summed E-state index contributed by atoms with van der Waals surface area (Å²) in [7, 11) is 2.06. The van der Waals surface area contributed by atoms with Crippen LogP contribution in [0.3, 0.4) is 0 Å². The lowest BCUT2D eigenvalue weighted by molar-refractivity contribution is 0.0987. The number of hydrogen-bond donors (Lipinski definition) is 0. The summed E-state index contributed by atoms with van der Waals surface area (Å²) in [5.74, 6) is 0.0664. The van der Waals surface area contributed by atoms with Crippen LogP contribution in [0.2, 0.25) is 0 Å². The number of anilines is 2. The largest absolute Gasteiger partial charge is 0.371 e. The van der Waals surface area contributed by atoms with E-state index in [9.17, 15) is 4.79 Å². The predicted octanol–water partition coefficient (Wildman–Crippen LogP) is 3.68. The molecule has 0 aliphatic carbocycles. The zero-order valence-electron chi connectivity index (χ0n) is 11.9. The lowest BCUT2D eigenvalue weighted by Crippen LogP contribution is -2.42. The summed E-state index contributed by atoms with van der Waals surface area (Å²) in [6.07, 6.45) is 0. The normalized spacial score (nSPS) is 14.0. The quantitative estimate of drug-likeness (QED) is 0.776. The first-order chi connectivity index (χ1) is 10.2. The van der Waals surface area contributed by atoms with E-state index in [1.807, 2.05) is 47.4 Å². The second kappa shape index (κ2) is 5.90. The molecule has 2 aromatic carbocycles. The van der Waals surface area contributed by atoms with Gasteiger partial charge in [-0.1, -0.05) is 40.2 Å². The van der Waals surface area contributed by atoms with Crippen molar-refractivity contribution in [2.75, 3.05) is 29.9 Å². The highest BCUT2D eigenvalue weighted by Crippen LogP contribution is 2.32. The van der Waals surface area contributed by atoms with E-state index >= 15 is 0 Å². The number of nitrogens with zero attached hydrogens (tertiary/aromatic N) is 2. The van der Waals surface area contributed by atoms with Crippen molar-refractivity contribution in [1.29, 1.82) is 0 Å². The molecule has 1 heterocycles. The van der Waals surface area contributed by atoms with Crippen LogP contribution >= 0.6 is 15.9 Å². The van der Waals surface area contributed by atoms with Gasteiger partial charge in [-0.05, 0) is 29.8 Å². The molecule has 21 heavy (non-hydrogen) atoms. The summed E-state index contributed by atoms with van der Waals surface area (Å²) in [6.45, 7) is 1.56. The molecule has 0 bridgehead atoms. The summed E-state index contributed by atoms with van der Waals surface area (Å²) in [4.78, 5) is 16.8. The van der Waals surface area contributed by atoms with Crippen LogP contribution in [0.15, 0.2) is 48.5 Å². The number of alkyl halides is 1. The van der Waals surface area contributed by atoms with Crippen LogP contribution in [0.1, 0.15) is 15.9 Å². The number of fused-ring (bicyclic) bond motifs is 1. The maximum Gasteiger partial charge on any atom is 0.258 e. The topological polar surface area (TPSA) is 23.6 Å². The van der Waals surface area contributed by atoms with Gasteiger partial charge in [0.1, 0.15) is 0 Å². The highest BCUT2D eigenvalue weighted by Gasteiger charge is 2.25. The second-order valence-corrected chi connectivity index (χ2v) is 5.76. The Morgan fingerprint density at radius 3 is 2.38 bits per heavy atom. The smallest absolute Gasteiger partial charge is 0.258 e. The first-order valence-corrected chi connectivity index (χ1v) is 8.10. The molecule has 1 aliphatic heterocycles. The summed E-state index contributed by atoms with van der Waals surface area (Å²) in [5, 5.41) is 0.804. The maximum absolute atomic E-state index is 12.8. The van der Waals surface area contributed by atoms with Gasteiger partial charge in [0.05, 0.1) is 11.4 Å². The molecule has 0 atom stereocenters. The fourth-order valence-electron chi connectivity index (χ4n) is 2.61. The summed E-state index contributed by atoms with van der Waals surface area (Å²) < 4.78 is 0. The predicted molar refractivity (Wildman–Crippen MR) is 90.5 cm³/mol. The summed E-state index contributed by atoms with van der Waals surface area (Å²) in [6, 6.07) is 15.8. The Labute approximate surface area is 133 Å². The van der Waals surface area contributed by atoms with E-state index in [1.54, 1.807) is 0 Å². The van der Waals surface area contributed by atoms with E-state index in [1.165, 1.54) is 5.56 Å². The van der Waals surface area contributed by atoms with E-state index in [0.717, 1.165) is 28.8 Å². The van der Waals surface area contributed by atoms with E-state index < -0.39 is 0 Å². The standard InChI is InChI=1S/C17H17BrN2O/c1-19-10-11-20(16-5-3-2-4-15(16)19)17(21)14-8-6-13(12-18)7-9-14/h2-9H,10-12H2,1H3. The molecule has 3 rings (SSSR count). The van der Waals surface area contributed by atoms with Crippen LogP contribution < -0.4 is 9.80 Å². The molecule has 0 N–H and O–H groups in total. The number of rotatable bonds is 2. The van der Waals surface area contributed by atoms with Crippen LogP contribution in [-0.4, -0.2) is 26.0 Å². The average molecular weight is 345 g/mol. The van der Waals surface area contributed by atoms with E-state index in [0.29, 0.717) is 6.54 Å². The van der Waals surface area contributed by atoms with Crippen molar-refractivity contribution in [3.8, 4) is 0 Å². The first-order valence-electron chi connectivity index (χ1n) is 6.97. The van der Waals surface area contributed by atoms with Gasteiger partial charge in [-0.2, -0.15) is 0 Å². The van der Waals surface area contributed by atoms with Crippen molar-refractivity contribution in [2.45, 2.75) is 5.33 Å². The van der Waals surface area contributed by atoms with Gasteiger partial charge in [-0.3, -0.25) is 4.79 Å². The molecule has 3 nitrogen and oxygen atoms in total. The van der Waals surface area contributed by atoms with Crippen molar-refractivity contribution >= 4 is 33.2 Å². The molecule has 108 valence electrons. The molecule has 0 unspecified atom stereocenters. The molecule has 4 heteroatoms. The Kier molecular flexibility index (Phi) is 3.97.